The van der Waals surface area contributed by atoms with Crippen molar-refractivity contribution < 1.29 is 4.39 Å². The minimum absolute atomic E-state index is 0.297. The first-order valence-electron chi connectivity index (χ1n) is 6.35. The molecule has 0 aliphatic carbocycles. The lowest BCUT2D eigenvalue weighted by molar-refractivity contribution is 0.268. The first-order chi connectivity index (χ1) is 9.19. The molecule has 2 N–H and O–H groups in total. The van der Waals surface area contributed by atoms with Crippen LogP contribution in [0.2, 0.25) is 0 Å². The van der Waals surface area contributed by atoms with E-state index in [0.717, 1.165) is 24.3 Å². The van der Waals surface area contributed by atoms with Crippen molar-refractivity contribution in [3.63, 3.8) is 0 Å². The Balaban J connectivity index is 2.06. The lowest BCUT2D eigenvalue weighted by atomic mass is 10.1. The average molecular weight is 259 g/mol. The normalized spacial score (nSPS) is 10.9. The Morgan fingerprint density at radius 2 is 2.05 bits per heavy atom. The molecular weight excluding hydrogens is 241 g/mol. The van der Waals surface area contributed by atoms with Gasteiger partial charge in [0.05, 0.1) is 5.69 Å². The van der Waals surface area contributed by atoms with E-state index in [1.807, 2.05) is 18.2 Å². The van der Waals surface area contributed by atoms with Crippen molar-refractivity contribution >= 4 is 5.69 Å². The number of benzene rings is 1. The molecule has 2 aromatic rings. The number of anilines is 1. The number of hydrogen-bond donors (Lipinski definition) is 1. The Labute approximate surface area is 112 Å². The largest absolute Gasteiger partial charge is 0.398 e. The van der Waals surface area contributed by atoms with Crippen molar-refractivity contribution in [2.75, 3.05) is 12.3 Å². The average Bonchev–Trinajstić information content (AvgIpc) is 2.42. The summed E-state index contributed by atoms with van der Waals surface area (Å²) < 4.78 is 13.0. The number of pyridine rings is 1. The van der Waals surface area contributed by atoms with Crippen LogP contribution in [0.3, 0.4) is 0 Å². The molecule has 1 heterocycles. The minimum Gasteiger partial charge on any atom is -0.398 e. The molecule has 0 unspecified atom stereocenters. The van der Waals surface area contributed by atoms with Gasteiger partial charge in [-0.25, -0.2) is 4.39 Å². The fraction of sp³-hybridized carbons (Fsp3) is 0.267. The summed E-state index contributed by atoms with van der Waals surface area (Å²) in [5, 5.41) is 0. The van der Waals surface area contributed by atoms with Crippen molar-refractivity contribution in [3.8, 4) is 0 Å². The molecule has 0 atom stereocenters. The molecule has 0 saturated carbocycles. The molecule has 0 aliphatic heterocycles. The van der Waals surface area contributed by atoms with Crippen LogP contribution in [0.1, 0.15) is 18.2 Å². The van der Waals surface area contributed by atoms with Gasteiger partial charge in [0.25, 0.3) is 0 Å². The van der Waals surface area contributed by atoms with Gasteiger partial charge in [-0.1, -0.05) is 19.1 Å². The highest BCUT2D eigenvalue weighted by Crippen LogP contribution is 2.16. The van der Waals surface area contributed by atoms with Crippen LogP contribution < -0.4 is 5.73 Å². The standard InChI is InChI=1S/C15H18FN3/c1-2-19(11-14-5-3-4-8-18-14)10-12-6-7-13(16)9-15(12)17/h3-9H,2,10-11,17H2,1H3. The SMILES string of the molecule is CCN(Cc1ccccn1)Cc1ccc(F)cc1N. The Kier molecular flexibility index (Phi) is 4.47. The molecule has 0 radical (unpaired) electrons. The first-order valence-corrected chi connectivity index (χ1v) is 6.35. The molecule has 4 heteroatoms. The summed E-state index contributed by atoms with van der Waals surface area (Å²) in [6.07, 6.45) is 1.79. The van der Waals surface area contributed by atoms with Gasteiger partial charge in [0.15, 0.2) is 0 Å². The van der Waals surface area contributed by atoms with E-state index in [9.17, 15) is 4.39 Å². The first kappa shape index (κ1) is 13.5. The third kappa shape index (κ3) is 3.76. The predicted molar refractivity (Wildman–Crippen MR) is 74.8 cm³/mol. The molecular formula is C15H18FN3. The number of nitrogens with zero attached hydrogens (tertiary/aromatic N) is 2. The van der Waals surface area contributed by atoms with E-state index < -0.39 is 0 Å². The maximum Gasteiger partial charge on any atom is 0.125 e. The van der Waals surface area contributed by atoms with Gasteiger partial charge in [-0.2, -0.15) is 0 Å². The molecule has 0 spiro atoms. The summed E-state index contributed by atoms with van der Waals surface area (Å²) in [7, 11) is 0. The summed E-state index contributed by atoms with van der Waals surface area (Å²) in [6.45, 7) is 4.42. The van der Waals surface area contributed by atoms with Crippen LogP contribution in [-0.2, 0) is 13.1 Å². The topological polar surface area (TPSA) is 42.2 Å². The van der Waals surface area contributed by atoms with E-state index in [1.165, 1.54) is 12.1 Å². The Morgan fingerprint density at radius 1 is 1.21 bits per heavy atom. The van der Waals surface area contributed by atoms with Crippen molar-refractivity contribution in [3.05, 3.63) is 59.7 Å². The van der Waals surface area contributed by atoms with Crippen LogP contribution in [0.25, 0.3) is 0 Å². The maximum absolute atomic E-state index is 13.0. The number of hydrogen-bond acceptors (Lipinski definition) is 3. The van der Waals surface area contributed by atoms with Gasteiger partial charge in [-0.15, -0.1) is 0 Å². The summed E-state index contributed by atoms with van der Waals surface area (Å²) >= 11 is 0. The van der Waals surface area contributed by atoms with Crippen LogP contribution in [0, 0.1) is 5.82 Å². The van der Waals surface area contributed by atoms with Gasteiger partial charge >= 0.3 is 0 Å². The molecule has 0 bridgehead atoms. The highest BCUT2D eigenvalue weighted by atomic mass is 19.1. The van der Waals surface area contributed by atoms with Crippen LogP contribution in [0.4, 0.5) is 10.1 Å². The van der Waals surface area contributed by atoms with Crippen molar-refractivity contribution in [2.45, 2.75) is 20.0 Å². The lowest BCUT2D eigenvalue weighted by Gasteiger charge is -2.20. The second-order valence-electron chi connectivity index (χ2n) is 4.47. The molecule has 0 fully saturated rings. The van der Waals surface area contributed by atoms with Gasteiger partial charge in [-0.3, -0.25) is 9.88 Å². The quantitative estimate of drug-likeness (QED) is 0.840. The van der Waals surface area contributed by atoms with E-state index in [4.69, 9.17) is 5.73 Å². The van der Waals surface area contributed by atoms with Crippen molar-refractivity contribution in [1.82, 2.24) is 9.88 Å². The van der Waals surface area contributed by atoms with Crippen molar-refractivity contribution in [1.29, 1.82) is 0 Å². The van der Waals surface area contributed by atoms with Crippen LogP contribution in [-0.4, -0.2) is 16.4 Å². The summed E-state index contributed by atoms with van der Waals surface area (Å²) in [5.41, 5.74) is 8.30. The summed E-state index contributed by atoms with van der Waals surface area (Å²) in [4.78, 5) is 6.53. The number of rotatable bonds is 5. The number of nitrogens with two attached hydrogens (primary N) is 1. The van der Waals surface area contributed by atoms with Gasteiger partial charge in [0, 0.05) is 25.0 Å². The lowest BCUT2D eigenvalue weighted by Crippen LogP contribution is -2.23. The Hall–Kier alpha value is -1.94. The number of halogens is 1. The molecule has 1 aromatic carbocycles. The molecule has 3 nitrogen and oxygen atoms in total. The zero-order valence-electron chi connectivity index (χ0n) is 11.0. The van der Waals surface area contributed by atoms with E-state index in [1.54, 1.807) is 12.3 Å². The molecule has 0 amide bonds. The summed E-state index contributed by atoms with van der Waals surface area (Å²) in [6, 6.07) is 10.4. The molecule has 1 aromatic heterocycles. The smallest absolute Gasteiger partial charge is 0.125 e. The molecule has 2 rings (SSSR count). The second kappa shape index (κ2) is 6.29. The fourth-order valence-corrected chi connectivity index (χ4v) is 1.95. The van der Waals surface area contributed by atoms with Crippen molar-refractivity contribution in [2.24, 2.45) is 0 Å². The van der Waals surface area contributed by atoms with E-state index >= 15 is 0 Å². The van der Waals surface area contributed by atoms with Gasteiger partial charge < -0.3 is 5.73 Å². The minimum atomic E-state index is -0.297. The van der Waals surface area contributed by atoms with E-state index in [0.29, 0.717) is 12.2 Å². The van der Waals surface area contributed by atoms with Crippen LogP contribution in [0.5, 0.6) is 0 Å². The zero-order valence-corrected chi connectivity index (χ0v) is 11.0. The summed E-state index contributed by atoms with van der Waals surface area (Å²) in [5.74, 6) is -0.297. The molecule has 100 valence electrons. The third-order valence-corrected chi connectivity index (χ3v) is 3.06. The molecule has 19 heavy (non-hydrogen) atoms. The molecule has 0 saturated heterocycles. The van der Waals surface area contributed by atoms with Crippen LogP contribution >= 0.6 is 0 Å². The molecule has 0 aliphatic rings. The fourth-order valence-electron chi connectivity index (χ4n) is 1.95. The second-order valence-corrected chi connectivity index (χ2v) is 4.47. The number of nitrogen functional groups attached to an aromatic ring is 1. The highest BCUT2D eigenvalue weighted by Gasteiger charge is 2.08. The Morgan fingerprint density at radius 3 is 2.68 bits per heavy atom. The highest BCUT2D eigenvalue weighted by molar-refractivity contribution is 5.46. The van der Waals surface area contributed by atoms with Gasteiger partial charge in [0.2, 0.25) is 0 Å². The van der Waals surface area contributed by atoms with Gasteiger partial charge in [-0.05, 0) is 36.4 Å². The predicted octanol–water partition coefficient (Wildman–Crippen LogP) is 2.83. The monoisotopic (exact) mass is 259 g/mol. The Bertz CT molecular complexity index is 528. The number of aromatic nitrogens is 1. The van der Waals surface area contributed by atoms with Crippen LogP contribution in [0.15, 0.2) is 42.6 Å². The zero-order chi connectivity index (χ0) is 13.7. The maximum atomic E-state index is 13.0. The van der Waals surface area contributed by atoms with Gasteiger partial charge in [0.1, 0.15) is 5.82 Å². The third-order valence-electron chi connectivity index (χ3n) is 3.06. The van der Waals surface area contributed by atoms with E-state index in [-0.39, 0.29) is 5.82 Å². The van der Waals surface area contributed by atoms with E-state index in [2.05, 4.69) is 16.8 Å².